The van der Waals surface area contributed by atoms with Crippen LogP contribution in [0.2, 0.25) is 0 Å². The minimum Gasteiger partial charge on any atom is -0.397 e. The van der Waals surface area contributed by atoms with Gasteiger partial charge in [-0.15, -0.1) is 11.3 Å². The minimum atomic E-state index is -0.281. The van der Waals surface area contributed by atoms with Gasteiger partial charge in [-0.1, -0.05) is 30.3 Å². The van der Waals surface area contributed by atoms with E-state index in [1.807, 2.05) is 30.3 Å². The lowest BCUT2D eigenvalue weighted by molar-refractivity contribution is 0.103. The number of aromatic nitrogens is 1. The topological polar surface area (TPSA) is 68.0 Å². The van der Waals surface area contributed by atoms with Crippen LogP contribution in [0.3, 0.4) is 0 Å². The molecule has 5 rings (SSSR count). The smallest absolute Gasteiger partial charge is 0.267 e. The van der Waals surface area contributed by atoms with Crippen LogP contribution in [0.1, 0.15) is 27.3 Å². The highest BCUT2D eigenvalue weighted by atomic mass is 32.1. The third-order valence-corrected chi connectivity index (χ3v) is 6.37. The first-order valence-electron chi connectivity index (χ1n) is 9.48. The Kier molecular flexibility index (Phi) is 4.28. The van der Waals surface area contributed by atoms with E-state index < -0.39 is 0 Å². The number of hydrogen-bond donors (Lipinski definition) is 2. The largest absolute Gasteiger partial charge is 0.397 e. The summed E-state index contributed by atoms with van der Waals surface area (Å²) < 4.78 is 13.5. The molecule has 144 valence electrons. The molecule has 0 unspecified atom stereocenters. The number of anilines is 2. The number of rotatable bonds is 3. The molecule has 4 aromatic rings. The van der Waals surface area contributed by atoms with Crippen LogP contribution < -0.4 is 11.1 Å². The molecule has 0 spiro atoms. The maximum Gasteiger partial charge on any atom is 0.267 e. The summed E-state index contributed by atoms with van der Waals surface area (Å²) in [5.41, 5.74) is 11.7. The van der Waals surface area contributed by atoms with E-state index >= 15 is 0 Å². The summed E-state index contributed by atoms with van der Waals surface area (Å²) in [5.74, 6) is -0.529. The fourth-order valence-corrected chi connectivity index (χ4v) is 4.98. The van der Waals surface area contributed by atoms with Crippen molar-refractivity contribution in [3.05, 3.63) is 76.5 Å². The highest BCUT2D eigenvalue weighted by Crippen LogP contribution is 2.44. The second-order valence-corrected chi connectivity index (χ2v) is 8.12. The lowest BCUT2D eigenvalue weighted by Crippen LogP contribution is -2.11. The zero-order chi connectivity index (χ0) is 20.0. The molecule has 0 atom stereocenters. The van der Waals surface area contributed by atoms with Crippen molar-refractivity contribution in [1.29, 1.82) is 0 Å². The first kappa shape index (κ1) is 17.8. The lowest BCUT2D eigenvalue weighted by Gasteiger charge is -2.11. The second-order valence-electron chi connectivity index (χ2n) is 7.12. The first-order valence-corrected chi connectivity index (χ1v) is 10.3. The number of benzene rings is 2. The second kappa shape index (κ2) is 6.97. The first-order chi connectivity index (χ1) is 14.1. The number of para-hydroxylation sites is 1. The van der Waals surface area contributed by atoms with Gasteiger partial charge in [0.05, 0.1) is 5.69 Å². The molecule has 0 saturated heterocycles. The van der Waals surface area contributed by atoms with Crippen LogP contribution in [0.4, 0.5) is 15.8 Å². The number of aryl methyl sites for hydroxylation is 1. The van der Waals surface area contributed by atoms with Crippen LogP contribution >= 0.6 is 11.3 Å². The molecule has 0 saturated carbocycles. The summed E-state index contributed by atoms with van der Waals surface area (Å²) in [6.07, 6.45) is 2.85. The summed E-state index contributed by atoms with van der Waals surface area (Å²) in [6, 6.07) is 15.7. The molecule has 2 aromatic heterocycles. The Morgan fingerprint density at radius 1 is 1.07 bits per heavy atom. The molecule has 29 heavy (non-hydrogen) atoms. The molecule has 1 aliphatic rings. The highest BCUT2D eigenvalue weighted by Gasteiger charge is 2.26. The van der Waals surface area contributed by atoms with Crippen LogP contribution in [0, 0.1) is 5.82 Å². The lowest BCUT2D eigenvalue weighted by atomic mass is 9.96. The number of amides is 1. The molecule has 1 amide bonds. The number of hydrogen-bond acceptors (Lipinski definition) is 4. The van der Waals surface area contributed by atoms with Crippen LogP contribution in [0.15, 0.2) is 54.6 Å². The maximum atomic E-state index is 13.5. The number of nitrogens with zero attached hydrogens (tertiary/aromatic N) is 1. The molecule has 2 heterocycles. The van der Waals surface area contributed by atoms with E-state index in [-0.39, 0.29) is 11.7 Å². The van der Waals surface area contributed by atoms with E-state index in [4.69, 9.17) is 10.7 Å². The van der Waals surface area contributed by atoms with Crippen molar-refractivity contribution in [2.24, 2.45) is 0 Å². The zero-order valence-corrected chi connectivity index (χ0v) is 16.4. The zero-order valence-electron chi connectivity index (χ0n) is 15.5. The van der Waals surface area contributed by atoms with Gasteiger partial charge in [0.1, 0.15) is 15.5 Å². The predicted octanol–water partition coefficient (Wildman–Crippen LogP) is 5.43. The van der Waals surface area contributed by atoms with Gasteiger partial charge in [-0.2, -0.15) is 0 Å². The molecule has 3 N–H and O–H groups in total. The minimum absolute atomic E-state index is 0.248. The average molecular weight is 403 g/mol. The van der Waals surface area contributed by atoms with Gasteiger partial charge < -0.3 is 11.1 Å². The van der Waals surface area contributed by atoms with Gasteiger partial charge in [0.2, 0.25) is 0 Å². The quantitative estimate of drug-likeness (QED) is 0.480. The van der Waals surface area contributed by atoms with E-state index in [0.29, 0.717) is 16.3 Å². The Balaban J connectivity index is 1.68. The molecular formula is C23H18FN3OS. The Morgan fingerprint density at radius 2 is 1.83 bits per heavy atom. The normalized spacial score (nSPS) is 12.9. The Morgan fingerprint density at radius 3 is 2.59 bits per heavy atom. The number of nitrogens with two attached hydrogens (primary N) is 1. The van der Waals surface area contributed by atoms with E-state index in [0.717, 1.165) is 51.9 Å². The number of carbonyl (C=O) groups excluding carboxylic acids is 1. The number of carbonyl (C=O) groups is 1. The average Bonchev–Trinajstić information content (AvgIpc) is 3.32. The van der Waals surface area contributed by atoms with E-state index in [9.17, 15) is 9.18 Å². The standard InChI is InChI=1S/C23H18FN3OS/c24-14-11-9-13(10-12-14)18-16-7-4-8-17(16)27-23-19(18)20(25)21(29-23)22(28)26-15-5-2-1-3-6-15/h1-3,5-6,9-12H,4,7-8,25H2,(H,26,28). The van der Waals surface area contributed by atoms with Crippen molar-refractivity contribution in [2.75, 3.05) is 11.1 Å². The number of thiophene rings is 1. The van der Waals surface area contributed by atoms with Gasteiger partial charge in [0.25, 0.3) is 5.91 Å². The Bertz CT molecular complexity index is 1230. The third kappa shape index (κ3) is 3.06. The highest BCUT2D eigenvalue weighted by molar-refractivity contribution is 7.21. The van der Waals surface area contributed by atoms with Crippen molar-refractivity contribution < 1.29 is 9.18 Å². The third-order valence-electron chi connectivity index (χ3n) is 5.27. The molecule has 2 aromatic carbocycles. The van der Waals surface area contributed by atoms with Crippen LogP contribution in [-0.4, -0.2) is 10.9 Å². The molecule has 4 nitrogen and oxygen atoms in total. The fraction of sp³-hybridized carbons (Fsp3) is 0.130. The summed E-state index contributed by atoms with van der Waals surface area (Å²) in [5, 5.41) is 3.69. The summed E-state index contributed by atoms with van der Waals surface area (Å²) in [7, 11) is 0. The van der Waals surface area contributed by atoms with E-state index in [2.05, 4.69) is 5.32 Å². The van der Waals surface area contributed by atoms with Crippen molar-refractivity contribution in [3.63, 3.8) is 0 Å². The van der Waals surface area contributed by atoms with Crippen LogP contribution in [0.25, 0.3) is 21.3 Å². The van der Waals surface area contributed by atoms with Crippen LogP contribution in [0.5, 0.6) is 0 Å². The number of nitrogens with one attached hydrogen (secondary N) is 1. The number of fused-ring (bicyclic) bond motifs is 2. The molecule has 0 fully saturated rings. The van der Waals surface area contributed by atoms with Gasteiger partial charge in [-0.25, -0.2) is 9.37 Å². The van der Waals surface area contributed by atoms with E-state index in [1.54, 1.807) is 12.1 Å². The van der Waals surface area contributed by atoms with Crippen LogP contribution in [-0.2, 0) is 12.8 Å². The molecule has 0 aliphatic heterocycles. The number of halogens is 1. The van der Waals surface area contributed by atoms with Gasteiger partial charge in [0.15, 0.2) is 0 Å². The monoisotopic (exact) mass is 403 g/mol. The maximum absolute atomic E-state index is 13.5. The fourth-order valence-electron chi connectivity index (χ4n) is 3.96. The Hall–Kier alpha value is -3.25. The van der Waals surface area contributed by atoms with Crippen molar-refractivity contribution in [2.45, 2.75) is 19.3 Å². The predicted molar refractivity (Wildman–Crippen MR) is 116 cm³/mol. The number of pyridine rings is 1. The Labute approximate surface area is 171 Å². The SMILES string of the molecule is Nc1c(C(=O)Nc2ccccc2)sc2nc3c(c(-c4ccc(F)cc4)c12)CCC3. The molecule has 1 aliphatic carbocycles. The summed E-state index contributed by atoms with van der Waals surface area (Å²) in [4.78, 5) is 18.9. The van der Waals surface area contributed by atoms with Gasteiger partial charge >= 0.3 is 0 Å². The van der Waals surface area contributed by atoms with Gasteiger partial charge in [0, 0.05) is 16.8 Å². The van der Waals surface area contributed by atoms with Gasteiger partial charge in [-0.05, 0) is 60.2 Å². The van der Waals surface area contributed by atoms with Crippen molar-refractivity contribution in [1.82, 2.24) is 4.98 Å². The van der Waals surface area contributed by atoms with Crippen molar-refractivity contribution in [3.8, 4) is 11.1 Å². The molecule has 0 bridgehead atoms. The molecular weight excluding hydrogens is 385 g/mol. The number of nitrogen functional groups attached to an aromatic ring is 1. The van der Waals surface area contributed by atoms with E-state index in [1.165, 1.54) is 23.5 Å². The van der Waals surface area contributed by atoms with Crippen molar-refractivity contribution >= 4 is 38.8 Å². The molecule has 0 radical (unpaired) electrons. The molecule has 6 heteroatoms. The summed E-state index contributed by atoms with van der Waals surface area (Å²) in [6.45, 7) is 0. The summed E-state index contributed by atoms with van der Waals surface area (Å²) >= 11 is 1.31. The van der Waals surface area contributed by atoms with Gasteiger partial charge in [-0.3, -0.25) is 4.79 Å².